The van der Waals surface area contributed by atoms with Crippen molar-refractivity contribution in [3.63, 3.8) is 0 Å². The van der Waals surface area contributed by atoms with Gasteiger partial charge in [0.2, 0.25) is 0 Å². The number of ether oxygens (including phenoxy) is 1. The number of esters is 1. The first-order valence-electron chi connectivity index (χ1n) is 7.69. The second kappa shape index (κ2) is 5.60. The van der Waals surface area contributed by atoms with Crippen LogP contribution in [0.2, 0.25) is 0 Å². The summed E-state index contributed by atoms with van der Waals surface area (Å²) in [4.78, 5) is 24.1. The lowest BCUT2D eigenvalue weighted by Gasteiger charge is -2.08. The molecule has 0 spiro atoms. The molecule has 0 saturated carbocycles. The number of carbonyl (C=O) groups excluding carboxylic acids is 1. The topological polar surface area (TPSA) is 56.5 Å². The molecule has 0 N–H and O–H groups in total. The Morgan fingerprint density at radius 1 is 1.08 bits per heavy atom. The van der Waals surface area contributed by atoms with Crippen molar-refractivity contribution in [2.75, 3.05) is 0 Å². The number of halogens is 1. The van der Waals surface area contributed by atoms with Gasteiger partial charge in [0.15, 0.2) is 0 Å². The number of rotatable bonds is 2. The molecule has 0 fully saturated rings. The van der Waals surface area contributed by atoms with Crippen LogP contribution >= 0.6 is 0 Å². The Morgan fingerprint density at radius 2 is 1.88 bits per heavy atom. The van der Waals surface area contributed by atoms with Crippen LogP contribution < -0.4 is 10.4 Å². The maximum atomic E-state index is 13.6. The number of hydrogen-bond acceptors (Lipinski definition) is 4. The zero-order valence-corrected chi connectivity index (χ0v) is 12.7. The Kier molecular flexibility index (Phi) is 3.41. The first-order chi connectivity index (χ1) is 11.6. The molecule has 0 radical (unpaired) electrons. The van der Waals surface area contributed by atoms with Gasteiger partial charge in [-0.1, -0.05) is 12.1 Å². The van der Waals surface area contributed by atoms with Gasteiger partial charge in [0.25, 0.3) is 0 Å². The molecule has 0 unspecified atom stereocenters. The SMILES string of the molecule is O=C(Oc1ccc2c3c(c(=O)oc2c1)CCC3)c1ccccc1F. The van der Waals surface area contributed by atoms with Gasteiger partial charge in [-0.25, -0.2) is 14.0 Å². The molecule has 2 aromatic carbocycles. The van der Waals surface area contributed by atoms with E-state index in [9.17, 15) is 14.0 Å². The van der Waals surface area contributed by atoms with Gasteiger partial charge >= 0.3 is 11.6 Å². The molecule has 0 aliphatic heterocycles. The Bertz CT molecular complexity index is 1020. The van der Waals surface area contributed by atoms with Gasteiger partial charge in [-0.15, -0.1) is 0 Å². The molecule has 1 aliphatic carbocycles. The molecule has 1 heterocycles. The second-order valence-electron chi connectivity index (χ2n) is 5.73. The van der Waals surface area contributed by atoms with Gasteiger partial charge in [-0.05, 0) is 49.1 Å². The number of carbonyl (C=O) groups is 1. The van der Waals surface area contributed by atoms with E-state index in [4.69, 9.17) is 9.15 Å². The third-order valence-corrected chi connectivity index (χ3v) is 4.25. The zero-order valence-electron chi connectivity index (χ0n) is 12.7. The second-order valence-corrected chi connectivity index (χ2v) is 5.73. The average Bonchev–Trinajstić information content (AvgIpc) is 3.05. The molecular formula is C19H13FO4. The minimum Gasteiger partial charge on any atom is -0.423 e. The molecule has 0 atom stereocenters. The van der Waals surface area contributed by atoms with Crippen LogP contribution in [0.25, 0.3) is 11.0 Å². The molecule has 0 amide bonds. The van der Waals surface area contributed by atoms with Gasteiger partial charge in [-0.2, -0.15) is 0 Å². The van der Waals surface area contributed by atoms with E-state index in [1.54, 1.807) is 18.2 Å². The fraction of sp³-hybridized carbons (Fsp3) is 0.158. The molecule has 120 valence electrons. The van der Waals surface area contributed by atoms with Crippen molar-refractivity contribution in [3.8, 4) is 5.75 Å². The van der Waals surface area contributed by atoms with Crippen LogP contribution in [0, 0.1) is 5.82 Å². The summed E-state index contributed by atoms with van der Waals surface area (Å²) in [6.07, 6.45) is 2.51. The quantitative estimate of drug-likeness (QED) is 0.410. The molecule has 3 aromatic rings. The summed E-state index contributed by atoms with van der Waals surface area (Å²) in [6, 6.07) is 10.5. The van der Waals surface area contributed by atoms with Crippen molar-refractivity contribution in [3.05, 3.63) is 75.4 Å². The number of hydrogen-bond donors (Lipinski definition) is 0. The summed E-state index contributed by atoms with van der Waals surface area (Å²) in [7, 11) is 0. The molecule has 1 aromatic heterocycles. The van der Waals surface area contributed by atoms with Crippen LogP contribution in [-0.2, 0) is 12.8 Å². The van der Waals surface area contributed by atoms with Crippen LogP contribution in [0.5, 0.6) is 5.75 Å². The highest BCUT2D eigenvalue weighted by atomic mass is 19.1. The predicted octanol–water partition coefficient (Wildman–Crippen LogP) is 3.64. The number of benzene rings is 2. The van der Waals surface area contributed by atoms with Crippen molar-refractivity contribution >= 4 is 16.9 Å². The fourth-order valence-electron chi connectivity index (χ4n) is 3.12. The third kappa shape index (κ3) is 2.38. The Balaban J connectivity index is 1.71. The van der Waals surface area contributed by atoms with Gasteiger partial charge in [0, 0.05) is 17.0 Å². The highest BCUT2D eigenvalue weighted by Gasteiger charge is 2.20. The van der Waals surface area contributed by atoms with E-state index in [-0.39, 0.29) is 16.9 Å². The standard InChI is InChI=1S/C19H13FO4/c20-16-7-2-1-4-15(16)19(22)23-11-8-9-13-12-5-3-6-14(12)18(21)24-17(13)10-11/h1-2,4,7-10H,3,5-6H2. The lowest BCUT2D eigenvalue weighted by Crippen LogP contribution is -2.11. The smallest absolute Gasteiger partial charge is 0.346 e. The largest absolute Gasteiger partial charge is 0.423 e. The first kappa shape index (κ1) is 14.6. The van der Waals surface area contributed by atoms with E-state index in [1.807, 2.05) is 0 Å². The molecule has 24 heavy (non-hydrogen) atoms. The maximum Gasteiger partial charge on any atom is 0.346 e. The lowest BCUT2D eigenvalue weighted by molar-refractivity contribution is 0.0730. The average molecular weight is 324 g/mol. The van der Waals surface area contributed by atoms with E-state index >= 15 is 0 Å². The molecule has 1 aliphatic rings. The summed E-state index contributed by atoms with van der Waals surface area (Å²) in [5.41, 5.74) is 1.63. The predicted molar refractivity (Wildman–Crippen MR) is 85.9 cm³/mol. The number of fused-ring (bicyclic) bond motifs is 3. The van der Waals surface area contributed by atoms with Crippen LogP contribution in [0.1, 0.15) is 27.9 Å². The molecule has 0 bridgehead atoms. The molecule has 4 rings (SSSR count). The zero-order chi connectivity index (χ0) is 16.7. The van der Waals surface area contributed by atoms with Crippen molar-refractivity contribution in [2.45, 2.75) is 19.3 Å². The van der Waals surface area contributed by atoms with Crippen LogP contribution in [0.4, 0.5) is 4.39 Å². The van der Waals surface area contributed by atoms with Crippen LogP contribution in [0.15, 0.2) is 51.7 Å². The Hall–Kier alpha value is -2.95. The van der Waals surface area contributed by atoms with Crippen molar-refractivity contribution in [2.24, 2.45) is 0 Å². The minimum absolute atomic E-state index is 0.145. The van der Waals surface area contributed by atoms with Crippen molar-refractivity contribution < 1.29 is 18.3 Å². The van der Waals surface area contributed by atoms with Gasteiger partial charge in [0.05, 0.1) is 5.56 Å². The minimum atomic E-state index is -0.795. The summed E-state index contributed by atoms with van der Waals surface area (Å²) in [6.45, 7) is 0. The van der Waals surface area contributed by atoms with E-state index in [0.717, 1.165) is 35.8 Å². The summed E-state index contributed by atoms with van der Waals surface area (Å²) < 4.78 is 24.2. The van der Waals surface area contributed by atoms with Crippen molar-refractivity contribution in [1.82, 2.24) is 0 Å². The Labute approximate surface area is 136 Å². The molecule has 5 heteroatoms. The molecule has 0 saturated heterocycles. The Morgan fingerprint density at radius 3 is 2.71 bits per heavy atom. The van der Waals surface area contributed by atoms with E-state index < -0.39 is 11.8 Å². The third-order valence-electron chi connectivity index (χ3n) is 4.25. The van der Waals surface area contributed by atoms with E-state index in [0.29, 0.717) is 5.58 Å². The fourth-order valence-corrected chi connectivity index (χ4v) is 3.12. The van der Waals surface area contributed by atoms with Crippen LogP contribution in [0.3, 0.4) is 0 Å². The summed E-state index contributed by atoms with van der Waals surface area (Å²) >= 11 is 0. The molecule has 4 nitrogen and oxygen atoms in total. The van der Waals surface area contributed by atoms with Crippen LogP contribution in [-0.4, -0.2) is 5.97 Å². The van der Waals surface area contributed by atoms with Crippen molar-refractivity contribution in [1.29, 1.82) is 0 Å². The summed E-state index contributed by atoms with van der Waals surface area (Å²) in [5.74, 6) is -1.24. The van der Waals surface area contributed by atoms with Gasteiger partial charge in [-0.3, -0.25) is 0 Å². The van der Waals surface area contributed by atoms with E-state index in [1.165, 1.54) is 24.3 Å². The summed E-state index contributed by atoms with van der Waals surface area (Å²) in [5, 5.41) is 0.854. The monoisotopic (exact) mass is 324 g/mol. The van der Waals surface area contributed by atoms with E-state index in [2.05, 4.69) is 0 Å². The highest BCUT2D eigenvalue weighted by molar-refractivity contribution is 5.92. The van der Waals surface area contributed by atoms with Gasteiger partial charge < -0.3 is 9.15 Å². The first-order valence-corrected chi connectivity index (χ1v) is 7.69. The van der Waals surface area contributed by atoms with Gasteiger partial charge in [0.1, 0.15) is 17.1 Å². The number of aryl methyl sites for hydroxylation is 1. The lowest BCUT2D eigenvalue weighted by atomic mass is 10.1. The normalized spacial score (nSPS) is 13.0. The maximum absolute atomic E-state index is 13.6. The molecular weight excluding hydrogens is 311 g/mol. The highest BCUT2D eigenvalue weighted by Crippen LogP contribution is 2.29.